The van der Waals surface area contributed by atoms with Crippen LogP contribution in [-0.4, -0.2) is 46.6 Å². The van der Waals surface area contributed by atoms with Gasteiger partial charge in [-0.05, 0) is 73.6 Å². The maximum Gasteiger partial charge on any atom is 0.338 e. The molecule has 0 radical (unpaired) electrons. The molecule has 0 unspecified atom stereocenters. The van der Waals surface area contributed by atoms with Crippen molar-refractivity contribution in [2.75, 3.05) is 19.6 Å². The highest BCUT2D eigenvalue weighted by Gasteiger charge is 2.32. The first kappa shape index (κ1) is 22.5. The maximum atomic E-state index is 14.6. The van der Waals surface area contributed by atoms with Crippen molar-refractivity contribution < 1.29 is 14.3 Å². The molecule has 166 valence electrons. The predicted octanol–water partition coefficient (Wildman–Crippen LogP) is 5.98. The summed E-state index contributed by atoms with van der Waals surface area (Å²) in [5.74, 6) is -1.62. The zero-order valence-electron chi connectivity index (χ0n) is 17.7. The Balaban J connectivity index is 1.45. The second-order valence-electron chi connectivity index (χ2n) is 8.82. The second-order valence-corrected chi connectivity index (χ2v) is 9.69. The van der Waals surface area contributed by atoms with Crippen molar-refractivity contribution in [1.82, 2.24) is 9.80 Å². The Morgan fingerprint density at radius 1 is 1.16 bits per heavy atom. The third-order valence-corrected chi connectivity index (χ3v) is 6.88. The van der Waals surface area contributed by atoms with Gasteiger partial charge in [0.25, 0.3) is 0 Å². The van der Waals surface area contributed by atoms with Gasteiger partial charge in [-0.25, -0.2) is 9.18 Å². The van der Waals surface area contributed by atoms with Crippen LogP contribution in [0.25, 0.3) is 0 Å². The summed E-state index contributed by atoms with van der Waals surface area (Å²) in [7, 11) is 0. The van der Waals surface area contributed by atoms with Gasteiger partial charge in [-0.15, -0.1) is 0 Å². The largest absolute Gasteiger partial charge is 0.478 e. The lowest BCUT2D eigenvalue weighted by Crippen LogP contribution is -2.52. The number of rotatable bonds is 6. The van der Waals surface area contributed by atoms with Crippen molar-refractivity contribution in [2.45, 2.75) is 51.2 Å². The van der Waals surface area contributed by atoms with Crippen LogP contribution >= 0.6 is 23.2 Å². The van der Waals surface area contributed by atoms with E-state index in [9.17, 15) is 14.3 Å². The van der Waals surface area contributed by atoms with E-state index in [0.29, 0.717) is 28.2 Å². The summed E-state index contributed by atoms with van der Waals surface area (Å²) in [5, 5.41) is 10.7. The predicted molar refractivity (Wildman–Crippen MR) is 122 cm³/mol. The summed E-state index contributed by atoms with van der Waals surface area (Å²) < 4.78 is 14.6. The Kier molecular flexibility index (Phi) is 6.59. The monoisotopic (exact) mass is 464 g/mol. The fourth-order valence-electron chi connectivity index (χ4n) is 4.75. The molecule has 1 aliphatic heterocycles. The smallest absolute Gasteiger partial charge is 0.338 e. The number of aromatic carboxylic acids is 1. The highest BCUT2D eigenvalue weighted by Crippen LogP contribution is 2.43. The molecule has 4 rings (SSSR count). The summed E-state index contributed by atoms with van der Waals surface area (Å²) in [4.78, 5) is 16.2. The minimum absolute atomic E-state index is 0.154. The van der Waals surface area contributed by atoms with Gasteiger partial charge in [0.05, 0.1) is 5.56 Å². The minimum atomic E-state index is -1.18. The third-order valence-electron chi connectivity index (χ3n) is 6.45. The van der Waals surface area contributed by atoms with Crippen molar-refractivity contribution >= 4 is 29.2 Å². The molecule has 7 heteroatoms. The third kappa shape index (κ3) is 5.06. The first-order valence-corrected chi connectivity index (χ1v) is 11.5. The number of halogens is 3. The van der Waals surface area contributed by atoms with Gasteiger partial charge in [-0.2, -0.15) is 0 Å². The molecule has 2 aromatic carbocycles. The van der Waals surface area contributed by atoms with E-state index in [0.717, 1.165) is 43.6 Å². The summed E-state index contributed by atoms with van der Waals surface area (Å²) in [6.07, 6.45) is 1.87. The zero-order chi connectivity index (χ0) is 22.3. The zero-order valence-corrected chi connectivity index (χ0v) is 19.3. The number of hydrogen-bond donors (Lipinski definition) is 1. The van der Waals surface area contributed by atoms with E-state index >= 15 is 0 Å². The van der Waals surface area contributed by atoms with E-state index < -0.39 is 11.8 Å². The standard InChI is InChI=1S/C24H27Cl2FN2O2/c1-14-12-28(5-6-29(14)15(2)18-9-19(25)11-20(26)10-18)13-16-7-21(17-3-4-17)23(24(30)31)22(27)8-16/h7-11,14-15,17H,3-6,12-13H2,1-2H3,(H,30,31)/t14-,15-/m1/s1. The number of carbonyl (C=O) groups is 1. The Labute approximate surface area is 192 Å². The van der Waals surface area contributed by atoms with E-state index in [1.54, 1.807) is 6.07 Å². The molecule has 1 heterocycles. The van der Waals surface area contributed by atoms with Gasteiger partial charge in [-0.1, -0.05) is 29.3 Å². The first-order valence-electron chi connectivity index (χ1n) is 10.7. The molecule has 2 atom stereocenters. The number of carboxylic acids is 1. The van der Waals surface area contributed by atoms with Gasteiger partial charge in [0.1, 0.15) is 5.82 Å². The second kappa shape index (κ2) is 9.07. The molecule has 0 spiro atoms. The first-order chi connectivity index (χ1) is 14.7. The van der Waals surface area contributed by atoms with Crippen LogP contribution in [0, 0.1) is 5.82 Å². The van der Waals surface area contributed by atoms with Gasteiger partial charge >= 0.3 is 5.97 Å². The van der Waals surface area contributed by atoms with Crippen molar-refractivity contribution in [3.8, 4) is 0 Å². The summed E-state index contributed by atoms with van der Waals surface area (Å²) >= 11 is 12.4. The van der Waals surface area contributed by atoms with E-state index in [1.165, 1.54) is 6.07 Å². The highest BCUT2D eigenvalue weighted by molar-refractivity contribution is 6.34. The van der Waals surface area contributed by atoms with Gasteiger partial charge in [0.15, 0.2) is 0 Å². The van der Waals surface area contributed by atoms with Gasteiger partial charge in [0.2, 0.25) is 0 Å². The van der Waals surface area contributed by atoms with E-state index in [4.69, 9.17) is 23.2 Å². The molecular formula is C24H27Cl2FN2O2. The quantitative estimate of drug-likeness (QED) is 0.571. The summed E-state index contributed by atoms with van der Waals surface area (Å²) in [6.45, 7) is 7.54. The van der Waals surface area contributed by atoms with Crippen molar-refractivity contribution in [3.05, 3.63) is 68.4 Å². The van der Waals surface area contributed by atoms with E-state index in [2.05, 4.69) is 23.6 Å². The minimum Gasteiger partial charge on any atom is -0.478 e. The summed E-state index contributed by atoms with van der Waals surface area (Å²) in [6, 6.07) is 9.44. The van der Waals surface area contributed by atoms with E-state index in [-0.39, 0.29) is 17.5 Å². The fourth-order valence-corrected chi connectivity index (χ4v) is 5.29. The maximum absolute atomic E-state index is 14.6. The van der Waals surface area contributed by atoms with E-state index in [1.807, 2.05) is 18.2 Å². The molecule has 31 heavy (non-hydrogen) atoms. The number of carboxylic acid groups (broad SMARTS) is 1. The molecule has 0 amide bonds. The lowest BCUT2D eigenvalue weighted by Gasteiger charge is -2.43. The van der Waals surface area contributed by atoms with Crippen LogP contribution in [0.15, 0.2) is 30.3 Å². The van der Waals surface area contributed by atoms with Crippen LogP contribution in [-0.2, 0) is 6.54 Å². The lowest BCUT2D eigenvalue weighted by molar-refractivity contribution is 0.0504. The summed E-state index contributed by atoms with van der Waals surface area (Å²) in [5.41, 5.74) is 2.44. The topological polar surface area (TPSA) is 43.8 Å². The van der Waals surface area contributed by atoms with Crippen LogP contribution in [0.3, 0.4) is 0 Å². The number of hydrogen-bond acceptors (Lipinski definition) is 3. The number of piperazine rings is 1. The molecule has 1 N–H and O–H groups in total. The van der Waals surface area contributed by atoms with Crippen LogP contribution < -0.4 is 0 Å². The lowest BCUT2D eigenvalue weighted by atomic mass is 9.98. The molecule has 2 fully saturated rings. The molecular weight excluding hydrogens is 438 g/mol. The van der Waals surface area contributed by atoms with Crippen LogP contribution in [0.1, 0.15) is 65.7 Å². The van der Waals surface area contributed by atoms with Gasteiger partial charge in [-0.3, -0.25) is 9.80 Å². The molecule has 1 saturated carbocycles. The van der Waals surface area contributed by atoms with Gasteiger partial charge < -0.3 is 5.11 Å². The van der Waals surface area contributed by atoms with Crippen LogP contribution in [0.4, 0.5) is 4.39 Å². The molecule has 1 aliphatic carbocycles. The van der Waals surface area contributed by atoms with Crippen molar-refractivity contribution in [1.29, 1.82) is 0 Å². The SMILES string of the molecule is C[C@@H]1CN(Cc2cc(F)c(C(=O)O)c(C3CC3)c2)CCN1[C@H](C)c1cc(Cl)cc(Cl)c1. The Morgan fingerprint density at radius 2 is 1.84 bits per heavy atom. The fraction of sp³-hybridized carbons (Fsp3) is 0.458. The van der Waals surface area contributed by atoms with Crippen LogP contribution in [0.2, 0.25) is 10.0 Å². The average Bonchev–Trinajstić information content (AvgIpc) is 3.51. The molecule has 2 aliphatic rings. The normalized spacial score (nSPS) is 21.3. The highest BCUT2D eigenvalue weighted by atomic mass is 35.5. The molecule has 0 bridgehead atoms. The molecule has 2 aromatic rings. The molecule has 1 saturated heterocycles. The van der Waals surface area contributed by atoms with Gasteiger partial charge in [0, 0.05) is 48.3 Å². The van der Waals surface area contributed by atoms with Crippen molar-refractivity contribution in [3.63, 3.8) is 0 Å². The Hall–Kier alpha value is -1.66. The molecule has 4 nitrogen and oxygen atoms in total. The van der Waals surface area contributed by atoms with Crippen LogP contribution in [0.5, 0.6) is 0 Å². The average molecular weight is 465 g/mol. The number of nitrogens with zero attached hydrogens (tertiary/aromatic N) is 2. The van der Waals surface area contributed by atoms with Crippen molar-refractivity contribution in [2.24, 2.45) is 0 Å². The Bertz CT molecular complexity index is 976. The molecule has 0 aromatic heterocycles. The Morgan fingerprint density at radius 3 is 2.42 bits per heavy atom. The number of benzene rings is 2.